The number of aliphatic hydroxyl groups is 1. The van der Waals surface area contributed by atoms with Gasteiger partial charge in [0.1, 0.15) is 11.5 Å². The van der Waals surface area contributed by atoms with Crippen LogP contribution in [-0.4, -0.2) is 14.9 Å². The fourth-order valence-electron chi connectivity index (χ4n) is 1.44. The van der Waals surface area contributed by atoms with Crippen molar-refractivity contribution >= 4 is 0 Å². The largest absolute Gasteiger partial charge is 0.416 e. The Morgan fingerprint density at radius 2 is 1.94 bits per heavy atom. The fourth-order valence-corrected chi connectivity index (χ4v) is 1.44. The van der Waals surface area contributed by atoms with E-state index in [4.69, 9.17) is 5.11 Å². The van der Waals surface area contributed by atoms with Crippen molar-refractivity contribution in [3.63, 3.8) is 0 Å². The molecule has 18 heavy (non-hydrogen) atoms. The van der Waals surface area contributed by atoms with Crippen molar-refractivity contribution in [3.8, 4) is 5.69 Å². The zero-order valence-electron chi connectivity index (χ0n) is 8.95. The van der Waals surface area contributed by atoms with Crippen LogP contribution in [0.2, 0.25) is 0 Å². The van der Waals surface area contributed by atoms with Crippen molar-refractivity contribution in [2.45, 2.75) is 12.8 Å². The van der Waals surface area contributed by atoms with Crippen LogP contribution in [0.25, 0.3) is 5.69 Å². The average Bonchev–Trinajstić information content (AvgIpc) is 2.76. The van der Waals surface area contributed by atoms with Crippen LogP contribution in [0.4, 0.5) is 17.6 Å². The van der Waals surface area contributed by atoms with Crippen LogP contribution in [0, 0.1) is 5.82 Å². The van der Waals surface area contributed by atoms with Crippen molar-refractivity contribution < 1.29 is 22.7 Å². The summed E-state index contributed by atoms with van der Waals surface area (Å²) in [5, 5.41) is 12.5. The summed E-state index contributed by atoms with van der Waals surface area (Å²) >= 11 is 0. The van der Waals surface area contributed by atoms with Crippen LogP contribution in [0.1, 0.15) is 11.3 Å². The van der Waals surface area contributed by atoms with E-state index in [0.717, 1.165) is 10.7 Å². The van der Waals surface area contributed by atoms with E-state index in [9.17, 15) is 17.6 Å². The third kappa shape index (κ3) is 2.35. The maximum atomic E-state index is 13.5. The zero-order chi connectivity index (χ0) is 13.3. The molecule has 0 amide bonds. The Bertz CT molecular complexity index is 562. The summed E-state index contributed by atoms with van der Waals surface area (Å²) in [6, 6.07) is 3.46. The first kappa shape index (κ1) is 12.6. The van der Waals surface area contributed by atoms with Crippen LogP contribution in [0.5, 0.6) is 0 Å². The van der Waals surface area contributed by atoms with Crippen molar-refractivity contribution in [1.29, 1.82) is 0 Å². The number of hydrogen-bond donors (Lipinski definition) is 1. The summed E-state index contributed by atoms with van der Waals surface area (Å²) in [5.41, 5.74) is -1.03. The van der Waals surface area contributed by atoms with Gasteiger partial charge in [-0.15, -0.1) is 0 Å². The van der Waals surface area contributed by atoms with Gasteiger partial charge in [-0.2, -0.15) is 18.3 Å². The highest BCUT2D eigenvalue weighted by atomic mass is 19.4. The lowest BCUT2D eigenvalue weighted by Gasteiger charge is -2.09. The van der Waals surface area contributed by atoms with Gasteiger partial charge in [-0.25, -0.2) is 9.07 Å². The lowest BCUT2D eigenvalue weighted by atomic mass is 10.2. The predicted molar refractivity (Wildman–Crippen MR) is 54.4 cm³/mol. The summed E-state index contributed by atoms with van der Waals surface area (Å²) in [4.78, 5) is 0. The number of aromatic nitrogens is 2. The number of nitrogens with zero attached hydrogens (tertiary/aromatic N) is 2. The first-order valence-corrected chi connectivity index (χ1v) is 4.94. The van der Waals surface area contributed by atoms with E-state index in [0.29, 0.717) is 12.1 Å². The molecule has 7 heteroatoms. The molecule has 0 spiro atoms. The molecule has 2 rings (SSSR count). The van der Waals surface area contributed by atoms with E-state index in [1.165, 1.54) is 12.3 Å². The molecule has 0 radical (unpaired) electrons. The SMILES string of the molecule is OCc1ccn(-c2cc(C(F)(F)F)ccc2F)n1. The van der Waals surface area contributed by atoms with Crippen LogP contribution in [0.15, 0.2) is 30.5 Å². The van der Waals surface area contributed by atoms with Crippen LogP contribution < -0.4 is 0 Å². The first-order chi connectivity index (χ1) is 8.41. The normalized spacial score (nSPS) is 11.8. The third-order valence-electron chi connectivity index (χ3n) is 2.33. The molecule has 3 nitrogen and oxygen atoms in total. The maximum absolute atomic E-state index is 13.5. The van der Waals surface area contributed by atoms with Gasteiger partial charge in [-0.1, -0.05) is 0 Å². The monoisotopic (exact) mass is 260 g/mol. The van der Waals surface area contributed by atoms with E-state index in [1.54, 1.807) is 0 Å². The predicted octanol–water partition coefficient (Wildman–Crippen LogP) is 2.52. The van der Waals surface area contributed by atoms with E-state index < -0.39 is 17.6 Å². The molecular formula is C11H8F4N2O. The Morgan fingerprint density at radius 1 is 1.22 bits per heavy atom. The Morgan fingerprint density at radius 3 is 2.50 bits per heavy atom. The molecule has 0 aliphatic heterocycles. The fraction of sp³-hybridized carbons (Fsp3) is 0.182. The minimum absolute atomic E-state index is 0.242. The van der Waals surface area contributed by atoms with Crippen LogP contribution >= 0.6 is 0 Å². The minimum Gasteiger partial charge on any atom is -0.390 e. The van der Waals surface area contributed by atoms with Gasteiger partial charge in [0.05, 0.1) is 17.9 Å². The van der Waals surface area contributed by atoms with Gasteiger partial charge in [0.25, 0.3) is 0 Å². The van der Waals surface area contributed by atoms with E-state index in [1.807, 2.05) is 0 Å². The number of hydrogen-bond acceptors (Lipinski definition) is 2. The second-order valence-corrected chi connectivity index (χ2v) is 3.57. The highest BCUT2D eigenvalue weighted by Gasteiger charge is 2.31. The van der Waals surface area contributed by atoms with Crippen molar-refractivity contribution in [2.75, 3.05) is 0 Å². The topological polar surface area (TPSA) is 38.0 Å². The van der Waals surface area contributed by atoms with Gasteiger partial charge in [0.15, 0.2) is 0 Å². The van der Waals surface area contributed by atoms with Crippen molar-refractivity contribution in [3.05, 3.63) is 47.5 Å². The number of halogens is 4. The highest BCUT2D eigenvalue weighted by molar-refractivity contribution is 5.38. The lowest BCUT2D eigenvalue weighted by molar-refractivity contribution is -0.137. The van der Waals surface area contributed by atoms with Gasteiger partial charge in [-0.05, 0) is 24.3 Å². The van der Waals surface area contributed by atoms with Gasteiger partial charge in [-0.3, -0.25) is 0 Å². The van der Waals surface area contributed by atoms with E-state index in [2.05, 4.69) is 5.10 Å². The number of alkyl halides is 3. The molecule has 0 aliphatic carbocycles. The molecule has 0 saturated heterocycles. The molecule has 1 aromatic carbocycles. The Labute approximate surface area is 99.3 Å². The molecule has 0 fully saturated rings. The molecule has 1 aromatic heterocycles. The van der Waals surface area contributed by atoms with Crippen molar-refractivity contribution in [1.82, 2.24) is 9.78 Å². The average molecular weight is 260 g/mol. The van der Waals surface area contributed by atoms with E-state index >= 15 is 0 Å². The summed E-state index contributed by atoms with van der Waals surface area (Å²) in [6.07, 6.45) is -3.26. The molecular weight excluding hydrogens is 252 g/mol. The molecule has 0 atom stereocenters. The van der Waals surface area contributed by atoms with E-state index in [-0.39, 0.29) is 18.0 Å². The molecule has 0 unspecified atom stereocenters. The lowest BCUT2D eigenvalue weighted by Crippen LogP contribution is -2.08. The quantitative estimate of drug-likeness (QED) is 0.842. The van der Waals surface area contributed by atoms with Gasteiger partial charge < -0.3 is 5.11 Å². The molecule has 1 heterocycles. The summed E-state index contributed by atoms with van der Waals surface area (Å²) in [7, 11) is 0. The maximum Gasteiger partial charge on any atom is 0.416 e. The number of rotatable bonds is 2. The van der Waals surface area contributed by atoms with Gasteiger partial charge in [0, 0.05) is 6.20 Å². The third-order valence-corrected chi connectivity index (χ3v) is 2.33. The van der Waals surface area contributed by atoms with Gasteiger partial charge in [0.2, 0.25) is 0 Å². The Kier molecular flexibility index (Phi) is 3.08. The standard InChI is InChI=1S/C11H8F4N2O/c12-9-2-1-7(11(13,14)15)5-10(9)17-4-3-8(6-18)16-17/h1-5,18H,6H2. The number of benzene rings is 1. The molecule has 0 bridgehead atoms. The first-order valence-electron chi connectivity index (χ1n) is 4.94. The Balaban J connectivity index is 2.49. The summed E-state index contributed by atoms with van der Waals surface area (Å²) < 4.78 is 51.9. The second-order valence-electron chi connectivity index (χ2n) is 3.57. The molecule has 1 N–H and O–H groups in total. The molecule has 2 aromatic rings. The smallest absolute Gasteiger partial charge is 0.390 e. The highest BCUT2D eigenvalue weighted by Crippen LogP contribution is 2.31. The number of aliphatic hydroxyl groups excluding tert-OH is 1. The van der Waals surface area contributed by atoms with Crippen LogP contribution in [-0.2, 0) is 12.8 Å². The summed E-state index contributed by atoms with van der Waals surface area (Å²) in [5.74, 6) is -0.824. The van der Waals surface area contributed by atoms with Crippen LogP contribution in [0.3, 0.4) is 0 Å². The Hall–Kier alpha value is -1.89. The molecule has 0 saturated carbocycles. The van der Waals surface area contributed by atoms with Crippen molar-refractivity contribution in [2.24, 2.45) is 0 Å². The minimum atomic E-state index is -4.55. The second kappa shape index (κ2) is 4.41. The zero-order valence-corrected chi connectivity index (χ0v) is 8.95. The summed E-state index contributed by atoms with van der Waals surface area (Å²) in [6.45, 7) is -0.367. The van der Waals surface area contributed by atoms with Gasteiger partial charge >= 0.3 is 6.18 Å². The molecule has 96 valence electrons. The molecule has 0 aliphatic rings.